The predicted octanol–water partition coefficient (Wildman–Crippen LogP) is 0.349. The van der Waals surface area contributed by atoms with Gasteiger partial charge in [0.2, 0.25) is 0 Å². The number of nitrogens with zero attached hydrogens (tertiary/aromatic N) is 2. The van der Waals surface area contributed by atoms with Gasteiger partial charge in [0.1, 0.15) is 18.8 Å². The molecule has 166 valence electrons. The van der Waals surface area contributed by atoms with Crippen LogP contribution in [0.1, 0.15) is 18.5 Å². The minimum Gasteiger partial charge on any atom is -0.494 e. The maximum absolute atomic E-state index is 13.4. The Balaban J connectivity index is 1.56. The third-order valence-corrected chi connectivity index (χ3v) is 6.07. The molecule has 1 aromatic rings. The zero-order chi connectivity index (χ0) is 21.8. The molecule has 0 radical (unpaired) electrons. The molecule has 31 heavy (non-hydrogen) atoms. The second kappa shape index (κ2) is 9.53. The highest BCUT2D eigenvalue weighted by atomic mass is 16.5. The molecule has 0 aromatic heterocycles. The van der Waals surface area contributed by atoms with Crippen LogP contribution >= 0.6 is 0 Å². The van der Waals surface area contributed by atoms with Crippen molar-refractivity contribution in [2.24, 2.45) is 0 Å². The van der Waals surface area contributed by atoms with Gasteiger partial charge in [-0.1, -0.05) is 18.2 Å². The minimum absolute atomic E-state index is 0.00407. The van der Waals surface area contributed by atoms with Crippen molar-refractivity contribution in [1.29, 1.82) is 0 Å². The second-order valence-corrected chi connectivity index (χ2v) is 7.98. The highest BCUT2D eigenvalue weighted by Crippen LogP contribution is 2.36. The summed E-state index contributed by atoms with van der Waals surface area (Å²) in [5, 5.41) is 3.02. The molecule has 3 amide bonds. The van der Waals surface area contributed by atoms with Gasteiger partial charge < -0.3 is 24.6 Å². The lowest BCUT2D eigenvalue weighted by Gasteiger charge is -2.33. The van der Waals surface area contributed by atoms with Gasteiger partial charge in [-0.2, -0.15) is 0 Å². The van der Waals surface area contributed by atoms with Crippen LogP contribution in [0.25, 0.3) is 0 Å². The maximum atomic E-state index is 13.4. The molecule has 3 heterocycles. The zero-order valence-corrected chi connectivity index (χ0v) is 18.1. The molecule has 0 bridgehead atoms. The number of rotatable bonds is 8. The van der Waals surface area contributed by atoms with Crippen molar-refractivity contribution in [3.05, 3.63) is 53.8 Å². The van der Waals surface area contributed by atoms with Crippen LogP contribution in [0.15, 0.2) is 48.2 Å². The van der Waals surface area contributed by atoms with Gasteiger partial charge >= 0.3 is 6.03 Å². The number of ether oxygens (including phenoxy) is 2. The molecule has 2 N–H and O–H groups in total. The van der Waals surface area contributed by atoms with Crippen molar-refractivity contribution < 1.29 is 24.0 Å². The molecule has 4 rings (SSSR count). The molecule has 3 aliphatic heterocycles. The fourth-order valence-corrected chi connectivity index (χ4v) is 4.43. The Labute approximate surface area is 183 Å². The van der Waals surface area contributed by atoms with E-state index in [1.54, 1.807) is 11.0 Å². The highest BCUT2D eigenvalue weighted by molar-refractivity contribution is 6.01. The molecule has 1 fully saturated rings. The van der Waals surface area contributed by atoms with E-state index in [1.165, 1.54) is 4.90 Å². The first-order valence-corrected chi connectivity index (χ1v) is 11.0. The Morgan fingerprint density at radius 3 is 2.68 bits per heavy atom. The Kier molecular flexibility index (Phi) is 6.58. The van der Waals surface area contributed by atoms with E-state index in [2.05, 4.69) is 11.9 Å². The minimum atomic E-state index is -0.465. The summed E-state index contributed by atoms with van der Waals surface area (Å²) < 4.78 is 11.0. The quantitative estimate of drug-likeness (QED) is 0.587. The summed E-state index contributed by atoms with van der Waals surface area (Å²) in [7, 11) is 0. The Morgan fingerprint density at radius 2 is 2.00 bits per heavy atom. The first kappa shape index (κ1) is 21.4. The van der Waals surface area contributed by atoms with Gasteiger partial charge in [-0.15, -0.1) is 6.58 Å². The Hall–Kier alpha value is -2.84. The summed E-state index contributed by atoms with van der Waals surface area (Å²) >= 11 is 0. The largest absolute Gasteiger partial charge is 0.494 e. The second-order valence-electron chi connectivity index (χ2n) is 7.98. The molecular weight excluding hydrogens is 396 g/mol. The number of nitrogens with one attached hydrogen (secondary N) is 2. The van der Waals surface area contributed by atoms with E-state index in [9.17, 15) is 9.59 Å². The molecule has 1 saturated heterocycles. The number of urea groups is 1. The van der Waals surface area contributed by atoms with Crippen LogP contribution in [0.3, 0.4) is 0 Å². The van der Waals surface area contributed by atoms with Gasteiger partial charge in [0.05, 0.1) is 56.8 Å². The molecule has 1 atom stereocenters. The molecule has 0 saturated carbocycles. The lowest BCUT2D eigenvalue weighted by molar-refractivity contribution is -0.907. The molecule has 0 unspecified atom stereocenters. The summed E-state index contributed by atoms with van der Waals surface area (Å²) in [5.74, 6) is 0.763. The van der Waals surface area contributed by atoms with E-state index >= 15 is 0 Å². The first-order chi connectivity index (χ1) is 15.1. The van der Waals surface area contributed by atoms with Crippen LogP contribution < -0.4 is 15.0 Å². The van der Waals surface area contributed by atoms with Crippen molar-refractivity contribution in [3.8, 4) is 5.75 Å². The number of morpholine rings is 1. The summed E-state index contributed by atoms with van der Waals surface area (Å²) in [4.78, 5) is 31.2. The summed E-state index contributed by atoms with van der Waals surface area (Å²) in [5.41, 5.74) is 2.31. The number of hydrogen-bond donors (Lipinski definition) is 2. The lowest BCUT2D eigenvalue weighted by atomic mass is 9.95. The molecule has 0 aliphatic carbocycles. The zero-order valence-electron chi connectivity index (χ0n) is 18.1. The van der Waals surface area contributed by atoms with Gasteiger partial charge in [-0.05, 0) is 24.6 Å². The van der Waals surface area contributed by atoms with Crippen molar-refractivity contribution >= 4 is 11.9 Å². The SMILES string of the molecule is C=CCN1C(=O)N[C@@H](c2ccc(OCC)cc2)C2=C1CN(CC[NH+]1CCOCC1)C2=O. The number of amides is 3. The van der Waals surface area contributed by atoms with E-state index < -0.39 is 6.04 Å². The summed E-state index contributed by atoms with van der Waals surface area (Å²) in [6, 6.07) is 6.91. The normalized spacial score (nSPS) is 21.9. The van der Waals surface area contributed by atoms with E-state index in [0.29, 0.717) is 31.8 Å². The summed E-state index contributed by atoms with van der Waals surface area (Å²) in [6.45, 7) is 12.1. The average molecular weight is 428 g/mol. The van der Waals surface area contributed by atoms with Gasteiger partial charge in [0, 0.05) is 6.54 Å². The van der Waals surface area contributed by atoms with E-state index in [-0.39, 0.29) is 11.9 Å². The highest BCUT2D eigenvalue weighted by Gasteiger charge is 2.43. The maximum Gasteiger partial charge on any atom is 0.322 e. The van der Waals surface area contributed by atoms with Crippen molar-refractivity contribution in [1.82, 2.24) is 15.1 Å². The van der Waals surface area contributed by atoms with Crippen molar-refractivity contribution in [2.75, 3.05) is 59.1 Å². The van der Waals surface area contributed by atoms with Crippen LogP contribution in [0, 0.1) is 0 Å². The molecule has 3 aliphatic rings. The van der Waals surface area contributed by atoms with Gasteiger partial charge in [-0.25, -0.2) is 4.79 Å². The fourth-order valence-electron chi connectivity index (χ4n) is 4.43. The number of hydrogen-bond acceptors (Lipinski definition) is 4. The van der Waals surface area contributed by atoms with Crippen molar-refractivity contribution in [2.45, 2.75) is 13.0 Å². The third-order valence-electron chi connectivity index (χ3n) is 6.07. The third kappa shape index (κ3) is 4.45. The predicted molar refractivity (Wildman–Crippen MR) is 116 cm³/mol. The Bertz CT molecular complexity index is 861. The van der Waals surface area contributed by atoms with Crippen molar-refractivity contribution in [3.63, 3.8) is 0 Å². The summed E-state index contributed by atoms with van der Waals surface area (Å²) in [6.07, 6.45) is 1.69. The van der Waals surface area contributed by atoms with E-state index in [1.807, 2.05) is 36.1 Å². The smallest absolute Gasteiger partial charge is 0.322 e. The molecule has 8 heteroatoms. The lowest BCUT2D eigenvalue weighted by Crippen LogP contribution is -3.14. The van der Waals surface area contributed by atoms with Crippen LogP contribution in [-0.4, -0.2) is 80.8 Å². The number of benzene rings is 1. The Morgan fingerprint density at radius 1 is 1.26 bits per heavy atom. The van der Waals surface area contributed by atoms with E-state index in [4.69, 9.17) is 9.47 Å². The van der Waals surface area contributed by atoms with Crippen LogP contribution in [-0.2, 0) is 9.53 Å². The van der Waals surface area contributed by atoms with Gasteiger partial charge in [-0.3, -0.25) is 9.69 Å². The number of quaternary nitrogens is 1. The van der Waals surface area contributed by atoms with Crippen LogP contribution in [0.4, 0.5) is 4.79 Å². The van der Waals surface area contributed by atoms with Crippen LogP contribution in [0.2, 0.25) is 0 Å². The van der Waals surface area contributed by atoms with E-state index in [0.717, 1.165) is 49.9 Å². The first-order valence-electron chi connectivity index (χ1n) is 11.0. The molecular formula is C23H31N4O4+. The fraction of sp³-hybridized carbons (Fsp3) is 0.478. The van der Waals surface area contributed by atoms with Gasteiger partial charge in [0.25, 0.3) is 5.91 Å². The monoisotopic (exact) mass is 427 g/mol. The average Bonchev–Trinajstić information content (AvgIpc) is 3.12. The molecule has 1 aromatic carbocycles. The topological polar surface area (TPSA) is 75.6 Å². The standard InChI is InChI=1S/C23H30N4O4/c1-3-9-27-19-16-26(11-10-25-12-14-30-15-13-25)22(28)20(19)21(24-23(27)29)17-5-7-18(8-6-17)31-4-2/h3,5-8,21H,1,4,9-16H2,2H3,(H,24,29)/p+1/t21-/m0/s1. The van der Waals surface area contributed by atoms with Gasteiger partial charge in [0.15, 0.2) is 0 Å². The molecule has 0 spiro atoms. The van der Waals surface area contributed by atoms with Crippen LogP contribution in [0.5, 0.6) is 5.75 Å². The molecule has 8 nitrogen and oxygen atoms in total. The number of carbonyl (C=O) groups excluding carboxylic acids is 2. The number of carbonyl (C=O) groups is 2.